The van der Waals surface area contributed by atoms with Crippen molar-refractivity contribution < 1.29 is 14.1 Å². The SMILES string of the molecule is COc1ccccc1C(CNC(=O)CCc1nc(-c2ccsc2)no1)N(C)C. The topological polar surface area (TPSA) is 80.5 Å². The van der Waals surface area contributed by atoms with Crippen LogP contribution in [0.5, 0.6) is 5.75 Å². The van der Waals surface area contributed by atoms with Crippen LogP contribution in [0, 0.1) is 0 Å². The number of nitrogens with zero attached hydrogens (tertiary/aromatic N) is 3. The molecule has 1 unspecified atom stereocenters. The minimum atomic E-state index is -0.0583. The molecule has 3 rings (SSSR count). The summed E-state index contributed by atoms with van der Waals surface area (Å²) in [7, 11) is 5.61. The maximum atomic E-state index is 12.3. The van der Waals surface area contributed by atoms with Crippen LogP contribution in [-0.4, -0.2) is 48.7 Å². The number of para-hydroxylation sites is 1. The average Bonchev–Trinajstić information content (AvgIpc) is 3.38. The van der Waals surface area contributed by atoms with Gasteiger partial charge in [-0.25, -0.2) is 0 Å². The van der Waals surface area contributed by atoms with E-state index in [4.69, 9.17) is 9.26 Å². The number of thiophene rings is 1. The molecule has 1 amide bonds. The lowest BCUT2D eigenvalue weighted by Gasteiger charge is -2.26. The number of aryl methyl sites for hydroxylation is 1. The molecule has 1 N–H and O–H groups in total. The van der Waals surface area contributed by atoms with Crippen LogP contribution >= 0.6 is 11.3 Å². The van der Waals surface area contributed by atoms with Crippen LogP contribution in [0.3, 0.4) is 0 Å². The fraction of sp³-hybridized carbons (Fsp3) is 0.350. The molecule has 0 aliphatic rings. The number of aromatic nitrogens is 2. The molecule has 1 aromatic carbocycles. The van der Waals surface area contributed by atoms with Gasteiger partial charge in [-0.1, -0.05) is 23.4 Å². The van der Waals surface area contributed by atoms with Gasteiger partial charge in [0.15, 0.2) is 0 Å². The average molecular weight is 401 g/mol. The Balaban J connectivity index is 1.54. The van der Waals surface area contributed by atoms with Gasteiger partial charge in [0, 0.05) is 35.9 Å². The van der Waals surface area contributed by atoms with Crippen molar-refractivity contribution in [3.63, 3.8) is 0 Å². The van der Waals surface area contributed by atoms with Crippen LogP contribution < -0.4 is 10.1 Å². The van der Waals surface area contributed by atoms with Crippen LogP contribution in [0.4, 0.5) is 0 Å². The predicted octanol–water partition coefficient (Wildman–Crippen LogP) is 3.16. The second-order valence-corrected chi connectivity index (χ2v) is 7.33. The highest BCUT2D eigenvalue weighted by atomic mass is 32.1. The molecule has 2 aromatic heterocycles. The van der Waals surface area contributed by atoms with Crippen molar-refractivity contribution in [2.75, 3.05) is 27.7 Å². The van der Waals surface area contributed by atoms with E-state index in [9.17, 15) is 4.79 Å². The second-order valence-electron chi connectivity index (χ2n) is 6.55. The van der Waals surface area contributed by atoms with E-state index in [1.807, 2.05) is 55.2 Å². The quantitative estimate of drug-likeness (QED) is 0.594. The molecule has 3 aromatic rings. The molecule has 1 atom stereocenters. The Morgan fingerprint density at radius 2 is 2.14 bits per heavy atom. The third-order valence-corrected chi connectivity index (χ3v) is 5.11. The molecule has 0 radical (unpaired) electrons. The van der Waals surface area contributed by atoms with Crippen molar-refractivity contribution in [3.05, 3.63) is 52.5 Å². The molecule has 0 saturated heterocycles. The van der Waals surface area contributed by atoms with Crippen LogP contribution in [0.25, 0.3) is 11.4 Å². The van der Waals surface area contributed by atoms with E-state index >= 15 is 0 Å². The van der Waals surface area contributed by atoms with Crippen molar-refractivity contribution in [1.29, 1.82) is 0 Å². The molecule has 0 aliphatic carbocycles. The summed E-state index contributed by atoms with van der Waals surface area (Å²) in [5.41, 5.74) is 1.96. The summed E-state index contributed by atoms with van der Waals surface area (Å²) in [5.74, 6) is 1.77. The first-order chi connectivity index (χ1) is 13.6. The Morgan fingerprint density at radius 1 is 1.32 bits per heavy atom. The molecule has 2 heterocycles. The van der Waals surface area contributed by atoms with Crippen LogP contribution in [0.1, 0.15) is 23.9 Å². The third kappa shape index (κ3) is 4.96. The first-order valence-corrected chi connectivity index (χ1v) is 9.94. The molecule has 8 heteroatoms. The van der Waals surface area contributed by atoms with E-state index in [1.54, 1.807) is 18.4 Å². The number of hydrogen-bond acceptors (Lipinski definition) is 7. The van der Waals surface area contributed by atoms with Gasteiger partial charge in [-0.05, 0) is 31.6 Å². The van der Waals surface area contributed by atoms with E-state index in [1.165, 1.54) is 0 Å². The highest BCUT2D eigenvalue weighted by Crippen LogP contribution is 2.27. The number of nitrogens with one attached hydrogen (secondary N) is 1. The largest absolute Gasteiger partial charge is 0.496 e. The number of likely N-dealkylation sites (N-methyl/N-ethyl adjacent to an activating group) is 1. The predicted molar refractivity (Wildman–Crippen MR) is 108 cm³/mol. The molecule has 28 heavy (non-hydrogen) atoms. The number of carbonyl (C=O) groups excluding carboxylic acids is 1. The molecular weight excluding hydrogens is 376 g/mol. The van der Waals surface area contributed by atoms with Gasteiger partial charge in [-0.3, -0.25) is 4.79 Å². The molecular formula is C20H24N4O3S. The van der Waals surface area contributed by atoms with Crippen molar-refractivity contribution in [1.82, 2.24) is 20.4 Å². The number of methoxy groups -OCH3 is 1. The number of benzene rings is 1. The van der Waals surface area contributed by atoms with Gasteiger partial charge in [0.25, 0.3) is 0 Å². The number of hydrogen-bond donors (Lipinski definition) is 1. The fourth-order valence-electron chi connectivity index (χ4n) is 2.90. The summed E-state index contributed by atoms with van der Waals surface area (Å²) in [4.78, 5) is 18.7. The Labute approximate surface area is 168 Å². The highest BCUT2D eigenvalue weighted by molar-refractivity contribution is 7.08. The van der Waals surface area contributed by atoms with Crippen molar-refractivity contribution in [2.45, 2.75) is 18.9 Å². The first kappa shape index (κ1) is 20.0. The standard InChI is InChI=1S/C20H24N4O3S/c1-24(2)16(15-6-4-5-7-17(15)26-3)12-21-18(25)8-9-19-22-20(23-27-19)14-10-11-28-13-14/h4-7,10-11,13,16H,8-9,12H2,1-3H3,(H,21,25). The lowest BCUT2D eigenvalue weighted by molar-refractivity contribution is -0.121. The van der Waals surface area contributed by atoms with Gasteiger partial charge in [0.1, 0.15) is 5.75 Å². The van der Waals surface area contributed by atoms with Gasteiger partial charge in [0.05, 0.1) is 13.2 Å². The lowest BCUT2D eigenvalue weighted by atomic mass is 10.0. The van der Waals surface area contributed by atoms with Crippen LogP contribution in [0.15, 0.2) is 45.6 Å². The van der Waals surface area contributed by atoms with Gasteiger partial charge in [-0.2, -0.15) is 16.3 Å². The first-order valence-electron chi connectivity index (χ1n) is 8.99. The molecule has 0 fully saturated rings. The Bertz CT molecular complexity index is 893. The third-order valence-electron chi connectivity index (χ3n) is 4.43. The molecule has 0 saturated carbocycles. The monoisotopic (exact) mass is 400 g/mol. The summed E-state index contributed by atoms with van der Waals surface area (Å²) in [6.45, 7) is 0.482. The highest BCUT2D eigenvalue weighted by Gasteiger charge is 2.19. The Hall–Kier alpha value is -2.71. The fourth-order valence-corrected chi connectivity index (χ4v) is 3.53. The zero-order valence-corrected chi connectivity index (χ0v) is 17.0. The van der Waals surface area contributed by atoms with Crippen LogP contribution in [-0.2, 0) is 11.2 Å². The minimum absolute atomic E-state index is 0.00805. The molecule has 0 bridgehead atoms. The summed E-state index contributed by atoms with van der Waals surface area (Å²) >= 11 is 1.58. The smallest absolute Gasteiger partial charge is 0.227 e. The summed E-state index contributed by atoms with van der Waals surface area (Å²) in [6.07, 6.45) is 0.696. The summed E-state index contributed by atoms with van der Waals surface area (Å²) in [5, 5.41) is 10.9. The van der Waals surface area contributed by atoms with E-state index < -0.39 is 0 Å². The van der Waals surface area contributed by atoms with Crippen molar-refractivity contribution in [3.8, 4) is 17.1 Å². The summed E-state index contributed by atoms with van der Waals surface area (Å²) in [6, 6.07) is 9.78. The Morgan fingerprint density at radius 3 is 2.86 bits per heavy atom. The number of carbonyl (C=O) groups is 1. The van der Waals surface area contributed by atoms with Crippen molar-refractivity contribution in [2.24, 2.45) is 0 Å². The maximum Gasteiger partial charge on any atom is 0.227 e. The molecule has 0 aliphatic heterocycles. The zero-order chi connectivity index (χ0) is 19.9. The van der Waals surface area contributed by atoms with Gasteiger partial charge in [0.2, 0.25) is 17.6 Å². The van der Waals surface area contributed by atoms with Gasteiger partial charge in [-0.15, -0.1) is 0 Å². The van der Waals surface area contributed by atoms with Gasteiger partial charge >= 0.3 is 0 Å². The second kappa shape index (κ2) is 9.48. The Kier molecular flexibility index (Phi) is 6.78. The number of amides is 1. The number of rotatable bonds is 9. The normalized spacial score (nSPS) is 12.1. The van der Waals surface area contributed by atoms with E-state index in [-0.39, 0.29) is 18.4 Å². The number of ether oxygens (including phenoxy) is 1. The lowest BCUT2D eigenvalue weighted by Crippen LogP contribution is -2.34. The molecule has 7 nitrogen and oxygen atoms in total. The van der Waals surface area contributed by atoms with E-state index in [0.717, 1.165) is 16.9 Å². The molecule has 148 valence electrons. The molecule has 0 spiro atoms. The van der Waals surface area contributed by atoms with E-state index in [2.05, 4.69) is 20.4 Å². The minimum Gasteiger partial charge on any atom is -0.496 e. The maximum absolute atomic E-state index is 12.3. The van der Waals surface area contributed by atoms with E-state index in [0.29, 0.717) is 24.7 Å². The van der Waals surface area contributed by atoms with Gasteiger partial charge < -0.3 is 19.5 Å². The summed E-state index contributed by atoms with van der Waals surface area (Å²) < 4.78 is 10.7. The van der Waals surface area contributed by atoms with Crippen LogP contribution in [0.2, 0.25) is 0 Å². The van der Waals surface area contributed by atoms with Crippen molar-refractivity contribution >= 4 is 17.2 Å². The zero-order valence-electron chi connectivity index (χ0n) is 16.2.